The van der Waals surface area contributed by atoms with Gasteiger partial charge in [0, 0.05) is 16.5 Å². The van der Waals surface area contributed by atoms with Gasteiger partial charge >= 0.3 is 0 Å². The van der Waals surface area contributed by atoms with Gasteiger partial charge in [0.25, 0.3) is 5.91 Å². The highest BCUT2D eigenvalue weighted by atomic mass is 32.1. The fraction of sp³-hybridized carbons (Fsp3) is 0.533. The second kappa shape index (κ2) is 6.28. The molecule has 0 aliphatic heterocycles. The van der Waals surface area contributed by atoms with Crippen LogP contribution in [0.15, 0.2) is 29.2 Å². The number of nitrogens with one attached hydrogen (secondary N) is 1. The Morgan fingerprint density at radius 2 is 2.28 bits per heavy atom. The molecular weight excluding hydrogens is 242 g/mol. The molecule has 1 aliphatic carbocycles. The summed E-state index contributed by atoms with van der Waals surface area (Å²) in [7, 11) is 0. The van der Waals surface area contributed by atoms with Crippen LogP contribution in [0.4, 0.5) is 0 Å². The van der Waals surface area contributed by atoms with E-state index in [1.54, 1.807) is 0 Å². The van der Waals surface area contributed by atoms with Gasteiger partial charge in [-0.15, -0.1) is 12.6 Å². The first-order valence-electron chi connectivity index (χ1n) is 6.79. The Bertz CT molecular complexity index is 419. The van der Waals surface area contributed by atoms with Crippen molar-refractivity contribution in [1.29, 1.82) is 0 Å². The van der Waals surface area contributed by atoms with Crippen LogP contribution in [0.3, 0.4) is 0 Å². The predicted molar refractivity (Wildman–Crippen MR) is 77.2 cm³/mol. The molecule has 0 bridgehead atoms. The lowest BCUT2D eigenvalue weighted by Gasteiger charge is -2.29. The quantitative estimate of drug-likeness (QED) is 0.800. The van der Waals surface area contributed by atoms with E-state index in [1.165, 1.54) is 19.3 Å². The number of thiol groups is 1. The van der Waals surface area contributed by atoms with Crippen LogP contribution in [0.5, 0.6) is 0 Å². The zero-order valence-corrected chi connectivity index (χ0v) is 11.7. The summed E-state index contributed by atoms with van der Waals surface area (Å²) >= 11 is 4.26. The lowest BCUT2D eigenvalue weighted by Crippen LogP contribution is -2.38. The number of rotatable bonds is 3. The predicted octanol–water partition coefficient (Wildman–Crippen LogP) is 3.67. The van der Waals surface area contributed by atoms with Gasteiger partial charge in [0.15, 0.2) is 0 Å². The first-order chi connectivity index (χ1) is 8.69. The normalized spacial score (nSPS) is 23.7. The molecule has 0 radical (unpaired) electrons. The summed E-state index contributed by atoms with van der Waals surface area (Å²) < 4.78 is 0. The van der Waals surface area contributed by atoms with E-state index in [2.05, 4.69) is 24.9 Å². The van der Waals surface area contributed by atoms with Crippen molar-refractivity contribution in [3.05, 3.63) is 29.8 Å². The molecule has 1 aromatic carbocycles. The highest BCUT2D eigenvalue weighted by Gasteiger charge is 2.22. The zero-order valence-electron chi connectivity index (χ0n) is 10.9. The lowest BCUT2D eigenvalue weighted by atomic mass is 9.84. The largest absolute Gasteiger partial charge is 0.349 e. The summed E-state index contributed by atoms with van der Waals surface area (Å²) in [4.78, 5) is 12.9. The summed E-state index contributed by atoms with van der Waals surface area (Å²) in [5, 5.41) is 3.15. The molecule has 0 saturated heterocycles. The van der Waals surface area contributed by atoms with Gasteiger partial charge in [-0.3, -0.25) is 4.79 Å². The maximum atomic E-state index is 12.1. The molecule has 1 amide bonds. The van der Waals surface area contributed by atoms with Crippen molar-refractivity contribution in [1.82, 2.24) is 5.32 Å². The summed E-state index contributed by atoms with van der Waals surface area (Å²) in [6, 6.07) is 7.76. The average molecular weight is 263 g/mol. The highest BCUT2D eigenvalue weighted by Crippen LogP contribution is 2.26. The van der Waals surface area contributed by atoms with Gasteiger partial charge in [-0.25, -0.2) is 0 Å². The van der Waals surface area contributed by atoms with Gasteiger partial charge in [-0.05, 0) is 37.0 Å². The van der Waals surface area contributed by atoms with E-state index in [1.807, 2.05) is 24.3 Å². The van der Waals surface area contributed by atoms with E-state index >= 15 is 0 Å². The molecule has 0 heterocycles. The summed E-state index contributed by atoms with van der Waals surface area (Å²) in [5.41, 5.74) is 0.709. The minimum absolute atomic E-state index is 0.0349. The molecule has 1 fully saturated rings. The molecular formula is C15H21NOS. The van der Waals surface area contributed by atoms with E-state index in [9.17, 15) is 4.79 Å². The Morgan fingerprint density at radius 1 is 1.44 bits per heavy atom. The maximum Gasteiger partial charge on any atom is 0.251 e. The van der Waals surface area contributed by atoms with E-state index in [0.29, 0.717) is 11.6 Å². The van der Waals surface area contributed by atoms with E-state index in [0.717, 1.165) is 23.7 Å². The molecule has 0 aromatic heterocycles. The summed E-state index contributed by atoms with van der Waals surface area (Å²) in [6.07, 6.45) is 6.01. The number of carbonyl (C=O) groups excluding carboxylic acids is 1. The van der Waals surface area contributed by atoms with Crippen LogP contribution in [-0.4, -0.2) is 11.9 Å². The van der Waals surface area contributed by atoms with Gasteiger partial charge in [0.1, 0.15) is 0 Å². The molecule has 2 rings (SSSR count). The molecule has 18 heavy (non-hydrogen) atoms. The standard InChI is InChI=1S/C15H21NOS/c1-2-11-5-3-7-13(9-11)16-15(17)12-6-4-8-14(18)10-12/h4,6,8,10-11,13,18H,2-3,5,7,9H2,1H3,(H,16,17). The fourth-order valence-corrected chi connectivity index (χ4v) is 2.93. The van der Waals surface area contributed by atoms with Gasteiger partial charge < -0.3 is 5.32 Å². The molecule has 3 heteroatoms. The maximum absolute atomic E-state index is 12.1. The molecule has 2 unspecified atom stereocenters. The van der Waals surface area contributed by atoms with Crippen LogP contribution in [0.2, 0.25) is 0 Å². The topological polar surface area (TPSA) is 29.1 Å². The van der Waals surface area contributed by atoms with Crippen LogP contribution >= 0.6 is 12.6 Å². The Morgan fingerprint density at radius 3 is 3.00 bits per heavy atom. The van der Waals surface area contributed by atoms with Crippen LogP contribution in [0, 0.1) is 5.92 Å². The van der Waals surface area contributed by atoms with Crippen LogP contribution in [0.1, 0.15) is 49.4 Å². The van der Waals surface area contributed by atoms with Crippen molar-refractivity contribution >= 4 is 18.5 Å². The second-order valence-corrected chi connectivity index (χ2v) is 5.68. The molecule has 2 atom stereocenters. The minimum Gasteiger partial charge on any atom is -0.349 e. The third kappa shape index (κ3) is 3.52. The molecule has 98 valence electrons. The Balaban J connectivity index is 1.95. The summed E-state index contributed by atoms with van der Waals surface area (Å²) in [6.45, 7) is 2.24. The van der Waals surface area contributed by atoms with Crippen molar-refractivity contribution < 1.29 is 4.79 Å². The zero-order chi connectivity index (χ0) is 13.0. The molecule has 1 aromatic rings. The number of benzene rings is 1. The van der Waals surface area contributed by atoms with Gasteiger partial charge in [-0.1, -0.05) is 32.3 Å². The SMILES string of the molecule is CCC1CCCC(NC(=O)c2cccc(S)c2)C1. The van der Waals surface area contributed by atoms with Crippen molar-refractivity contribution in [2.24, 2.45) is 5.92 Å². The minimum atomic E-state index is 0.0349. The van der Waals surface area contributed by atoms with Crippen molar-refractivity contribution in [2.45, 2.75) is 50.0 Å². The molecule has 1 N–H and O–H groups in total. The van der Waals surface area contributed by atoms with Gasteiger partial charge in [0.05, 0.1) is 0 Å². The number of amides is 1. The Kier molecular flexibility index (Phi) is 4.70. The van der Waals surface area contributed by atoms with E-state index in [-0.39, 0.29) is 5.91 Å². The van der Waals surface area contributed by atoms with Gasteiger partial charge in [-0.2, -0.15) is 0 Å². The average Bonchev–Trinajstić information content (AvgIpc) is 2.39. The lowest BCUT2D eigenvalue weighted by molar-refractivity contribution is 0.0919. The molecule has 2 nitrogen and oxygen atoms in total. The first kappa shape index (κ1) is 13.5. The monoisotopic (exact) mass is 263 g/mol. The fourth-order valence-electron chi connectivity index (χ4n) is 2.71. The van der Waals surface area contributed by atoms with E-state index < -0.39 is 0 Å². The highest BCUT2D eigenvalue weighted by molar-refractivity contribution is 7.80. The molecule has 0 spiro atoms. The first-order valence-corrected chi connectivity index (χ1v) is 7.23. The number of carbonyl (C=O) groups is 1. The molecule has 1 saturated carbocycles. The summed E-state index contributed by atoms with van der Waals surface area (Å²) in [5.74, 6) is 0.813. The number of hydrogen-bond acceptors (Lipinski definition) is 2. The van der Waals surface area contributed by atoms with Gasteiger partial charge in [0.2, 0.25) is 0 Å². The third-order valence-electron chi connectivity index (χ3n) is 3.80. The van der Waals surface area contributed by atoms with Crippen LogP contribution in [0.25, 0.3) is 0 Å². The van der Waals surface area contributed by atoms with Crippen LogP contribution in [-0.2, 0) is 0 Å². The smallest absolute Gasteiger partial charge is 0.251 e. The Hall–Kier alpha value is -0.960. The van der Waals surface area contributed by atoms with Crippen molar-refractivity contribution in [3.63, 3.8) is 0 Å². The molecule has 1 aliphatic rings. The van der Waals surface area contributed by atoms with Crippen molar-refractivity contribution in [2.75, 3.05) is 0 Å². The second-order valence-electron chi connectivity index (χ2n) is 5.16. The Labute approximate surface area is 115 Å². The van der Waals surface area contributed by atoms with Crippen LogP contribution < -0.4 is 5.32 Å². The number of hydrogen-bond donors (Lipinski definition) is 2. The van der Waals surface area contributed by atoms with E-state index in [4.69, 9.17) is 0 Å². The third-order valence-corrected chi connectivity index (χ3v) is 4.08. The van der Waals surface area contributed by atoms with Crippen molar-refractivity contribution in [3.8, 4) is 0 Å².